The lowest BCUT2D eigenvalue weighted by molar-refractivity contribution is 0.407. The van der Waals surface area contributed by atoms with Crippen LogP contribution in [-0.4, -0.2) is 19.4 Å². The van der Waals surface area contributed by atoms with Gasteiger partial charge in [-0.25, -0.2) is 8.42 Å². The van der Waals surface area contributed by atoms with Crippen molar-refractivity contribution in [3.63, 3.8) is 0 Å². The Labute approximate surface area is 81.6 Å². The Kier molecular flexibility index (Phi) is 3.38. The quantitative estimate of drug-likeness (QED) is 0.688. The molecule has 1 aliphatic rings. The Morgan fingerprint density at radius 2 is 1.77 bits per heavy atom. The largest absolute Gasteiger partial charge is 0.229 e. The first-order valence-corrected chi connectivity index (χ1v) is 6.86. The van der Waals surface area contributed by atoms with Gasteiger partial charge in [0.2, 0.25) is 0 Å². The van der Waals surface area contributed by atoms with Gasteiger partial charge < -0.3 is 0 Å². The summed E-state index contributed by atoms with van der Waals surface area (Å²) in [5.41, 5.74) is 0. The molecule has 1 fully saturated rings. The van der Waals surface area contributed by atoms with E-state index < -0.39 is 9.84 Å². The number of rotatable bonds is 5. The molecular formula is C10H20O2S. The van der Waals surface area contributed by atoms with Gasteiger partial charge in [0, 0.05) is 0 Å². The lowest BCUT2D eigenvalue weighted by atomic mass is 9.96. The lowest BCUT2D eigenvalue weighted by Crippen LogP contribution is -2.16. The molecule has 0 radical (unpaired) electrons. The molecule has 0 spiro atoms. The van der Waals surface area contributed by atoms with Crippen molar-refractivity contribution in [2.24, 2.45) is 11.8 Å². The highest BCUT2D eigenvalue weighted by Crippen LogP contribution is 2.30. The molecule has 0 heterocycles. The fourth-order valence-electron chi connectivity index (χ4n) is 1.28. The molecule has 0 aromatic heterocycles. The standard InChI is InChI=1S/C10H20O2S/c1-8(2)9(3)6-7-13(11,12)10-4-5-10/h8-10H,4-7H2,1-3H3. The molecule has 0 bridgehead atoms. The zero-order chi connectivity index (χ0) is 10.1. The number of hydrogen-bond acceptors (Lipinski definition) is 2. The first-order chi connectivity index (χ1) is 5.93. The lowest BCUT2D eigenvalue weighted by Gasteiger charge is -2.14. The predicted octanol–water partition coefficient (Wildman–Crippen LogP) is 2.25. The van der Waals surface area contributed by atoms with Crippen LogP contribution in [0.25, 0.3) is 0 Å². The van der Waals surface area contributed by atoms with E-state index in [9.17, 15) is 8.42 Å². The van der Waals surface area contributed by atoms with E-state index in [0.29, 0.717) is 17.6 Å². The molecule has 2 nitrogen and oxygen atoms in total. The van der Waals surface area contributed by atoms with E-state index in [4.69, 9.17) is 0 Å². The third-order valence-corrected chi connectivity index (χ3v) is 5.32. The fourth-order valence-corrected chi connectivity index (χ4v) is 3.17. The van der Waals surface area contributed by atoms with Gasteiger partial charge in [-0.15, -0.1) is 0 Å². The third kappa shape index (κ3) is 3.29. The maximum absolute atomic E-state index is 11.5. The van der Waals surface area contributed by atoms with Gasteiger partial charge in [0.05, 0.1) is 11.0 Å². The van der Waals surface area contributed by atoms with Gasteiger partial charge in [0.25, 0.3) is 0 Å². The van der Waals surface area contributed by atoms with Crippen LogP contribution in [0.1, 0.15) is 40.0 Å². The summed E-state index contributed by atoms with van der Waals surface area (Å²) in [6.45, 7) is 6.43. The van der Waals surface area contributed by atoms with E-state index in [-0.39, 0.29) is 5.25 Å². The minimum absolute atomic E-state index is 0.0202. The smallest absolute Gasteiger partial charge is 0.153 e. The van der Waals surface area contributed by atoms with Crippen LogP contribution in [0.2, 0.25) is 0 Å². The Bertz CT molecular complexity index is 250. The van der Waals surface area contributed by atoms with E-state index in [2.05, 4.69) is 20.8 Å². The maximum atomic E-state index is 11.5. The number of hydrogen-bond donors (Lipinski definition) is 0. The van der Waals surface area contributed by atoms with Crippen LogP contribution < -0.4 is 0 Å². The summed E-state index contributed by atoms with van der Waals surface area (Å²) < 4.78 is 23.0. The Morgan fingerprint density at radius 1 is 1.23 bits per heavy atom. The second-order valence-corrected chi connectivity index (χ2v) is 6.98. The van der Waals surface area contributed by atoms with Crippen molar-refractivity contribution in [1.29, 1.82) is 0 Å². The molecule has 0 amide bonds. The van der Waals surface area contributed by atoms with Crippen molar-refractivity contribution in [1.82, 2.24) is 0 Å². The average molecular weight is 204 g/mol. The molecule has 1 unspecified atom stereocenters. The Morgan fingerprint density at radius 3 is 2.15 bits per heavy atom. The van der Waals surface area contributed by atoms with Crippen LogP contribution in [0.15, 0.2) is 0 Å². The van der Waals surface area contributed by atoms with Crippen molar-refractivity contribution in [2.75, 3.05) is 5.75 Å². The maximum Gasteiger partial charge on any atom is 0.153 e. The van der Waals surface area contributed by atoms with Crippen molar-refractivity contribution in [2.45, 2.75) is 45.3 Å². The average Bonchev–Trinajstić information content (AvgIpc) is 2.81. The molecule has 0 saturated heterocycles. The summed E-state index contributed by atoms with van der Waals surface area (Å²) in [5, 5.41) is 0.0202. The van der Waals surface area contributed by atoms with Crippen molar-refractivity contribution in [3.05, 3.63) is 0 Å². The van der Waals surface area contributed by atoms with E-state index in [1.54, 1.807) is 0 Å². The van der Waals surface area contributed by atoms with Crippen molar-refractivity contribution >= 4 is 9.84 Å². The van der Waals surface area contributed by atoms with Crippen LogP contribution in [0, 0.1) is 11.8 Å². The van der Waals surface area contributed by atoms with Crippen LogP contribution >= 0.6 is 0 Å². The zero-order valence-corrected chi connectivity index (χ0v) is 9.60. The van der Waals surface area contributed by atoms with Gasteiger partial charge in [-0.1, -0.05) is 20.8 Å². The molecule has 1 saturated carbocycles. The topological polar surface area (TPSA) is 34.1 Å². The minimum atomic E-state index is -2.72. The van der Waals surface area contributed by atoms with Crippen LogP contribution in [0.4, 0.5) is 0 Å². The summed E-state index contributed by atoms with van der Waals surface area (Å²) in [7, 11) is -2.72. The van der Waals surface area contributed by atoms with Crippen molar-refractivity contribution < 1.29 is 8.42 Å². The van der Waals surface area contributed by atoms with Crippen molar-refractivity contribution in [3.8, 4) is 0 Å². The summed E-state index contributed by atoms with van der Waals surface area (Å²) in [6, 6.07) is 0. The Hall–Kier alpha value is -0.0500. The molecule has 1 rings (SSSR count). The summed E-state index contributed by atoms with van der Waals surface area (Å²) >= 11 is 0. The summed E-state index contributed by atoms with van der Waals surface area (Å²) in [6.07, 6.45) is 2.63. The molecule has 3 heteroatoms. The monoisotopic (exact) mass is 204 g/mol. The van der Waals surface area contributed by atoms with Gasteiger partial charge in [0.1, 0.15) is 0 Å². The normalized spacial score (nSPS) is 20.6. The van der Waals surface area contributed by atoms with Gasteiger partial charge in [-0.05, 0) is 31.1 Å². The van der Waals surface area contributed by atoms with E-state index in [0.717, 1.165) is 19.3 Å². The van der Waals surface area contributed by atoms with Gasteiger partial charge in [-0.2, -0.15) is 0 Å². The molecule has 1 aliphatic carbocycles. The highest BCUT2D eigenvalue weighted by molar-refractivity contribution is 7.92. The highest BCUT2D eigenvalue weighted by atomic mass is 32.2. The highest BCUT2D eigenvalue weighted by Gasteiger charge is 2.35. The minimum Gasteiger partial charge on any atom is -0.229 e. The summed E-state index contributed by atoms with van der Waals surface area (Å²) in [4.78, 5) is 0. The van der Waals surface area contributed by atoms with Crippen LogP contribution in [-0.2, 0) is 9.84 Å². The molecule has 0 aromatic rings. The second-order valence-electron chi connectivity index (χ2n) is 4.58. The fraction of sp³-hybridized carbons (Fsp3) is 1.00. The first kappa shape index (κ1) is 11.0. The molecule has 0 N–H and O–H groups in total. The molecule has 78 valence electrons. The van der Waals surface area contributed by atoms with Crippen LogP contribution in [0.3, 0.4) is 0 Å². The predicted molar refractivity (Wildman–Crippen MR) is 55.4 cm³/mol. The van der Waals surface area contributed by atoms with E-state index in [1.807, 2.05) is 0 Å². The van der Waals surface area contributed by atoms with Gasteiger partial charge in [-0.3, -0.25) is 0 Å². The molecule has 13 heavy (non-hydrogen) atoms. The second kappa shape index (κ2) is 3.99. The molecule has 1 atom stereocenters. The van der Waals surface area contributed by atoms with E-state index in [1.165, 1.54) is 0 Å². The first-order valence-electron chi connectivity index (χ1n) is 5.15. The molecule has 0 aromatic carbocycles. The van der Waals surface area contributed by atoms with E-state index >= 15 is 0 Å². The van der Waals surface area contributed by atoms with Gasteiger partial charge in [0.15, 0.2) is 9.84 Å². The summed E-state index contributed by atoms with van der Waals surface area (Å²) in [5.74, 6) is 1.51. The number of sulfone groups is 1. The molecular weight excluding hydrogens is 184 g/mol. The van der Waals surface area contributed by atoms with Crippen LogP contribution in [0.5, 0.6) is 0 Å². The third-order valence-electron chi connectivity index (χ3n) is 3.03. The SMILES string of the molecule is CC(C)C(C)CCS(=O)(=O)C1CC1. The Balaban J connectivity index is 2.33. The zero-order valence-electron chi connectivity index (χ0n) is 8.79. The van der Waals surface area contributed by atoms with Gasteiger partial charge >= 0.3 is 0 Å². The molecule has 0 aliphatic heterocycles.